The molecule has 0 atom stereocenters. The zero-order chi connectivity index (χ0) is 17.6. The van der Waals surface area contributed by atoms with Crippen molar-refractivity contribution in [3.8, 4) is 0 Å². The molecule has 1 aromatic heterocycles. The number of allylic oxidation sites excluding steroid dienone is 1. The quantitative estimate of drug-likeness (QED) is 0.462. The number of carbonyl (C=O) groups is 1. The van der Waals surface area contributed by atoms with Crippen LogP contribution in [0.1, 0.15) is 16.1 Å². The van der Waals surface area contributed by atoms with Crippen LogP contribution in [-0.2, 0) is 0 Å². The first kappa shape index (κ1) is 17.2. The molecule has 0 bridgehead atoms. The molecule has 5 heteroatoms. The highest BCUT2D eigenvalue weighted by Crippen LogP contribution is 2.24. The Morgan fingerprint density at radius 2 is 1.64 bits per heavy atom. The number of ketones is 1. The number of aromatic nitrogens is 1. The van der Waals surface area contributed by atoms with Crippen molar-refractivity contribution in [1.29, 1.82) is 0 Å². The summed E-state index contributed by atoms with van der Waals surface area (Å²) in [4.78, 5) is 17.3. The third-order valence-electron chi connectivity index (χ3n) is 3.53. The average molecular weight is 369 g/mol. The molecule has 0 radical (unpaired) electrons. The monoisotopic (exact) mass is 368 g/mol. The van der Waals surface area contributed by atoms with Gasteiger partial charge in [-0.25, -0.2) is 0 Å². The lowest BCUT2D eigenvalue weighted by Crippen LogP contribution is -2.07. The van der Waals surface area contributed by atoms with Crippen molar-refractivity contribution in [2.45, 2.75) is 0 Å². The van der Waals surface area contributed by atoms with Crippen molar-refractivity contribution in [2.75, 3.05) is 5.32 Å². The second-order valence-electron chi connectivity index (χ2n) is 5.23. The van der Waals surface area contributed by atoms with Crippen LogP contribution < -0.4 is 5.32 Å². The minimum atomic E-state index is -0.203. The molecule has 0 saturated heterocycles. The van der Waals surface area contributed by atoms with Gasteiger partial charge in [-0.3, -0.25) is 9.78 Å². The van der Waals surface area contributed by atoms with Gasteiger partial charge in [0.2, 0.25) is 0 Å². The third-order valence-corrected chi connectivity index (χ3v) is 4.11. The van der Waals surface area contributed by atoms with Crippen LogP contribution in [0, 0.1) is 0 Å². The predicted octanol–water partition coefficient (Wildman–Crippen LogP) is 5.72. The molecule has 3 aromatic rings. The van der Waals surface area contributed by atoms with Crippen molar-refractivity contribution < 1.29 is 4.79 Å². The van der Waals surface area contributed by atoms with Gasteiger partial charge in [-0.05, 0) is 48.5 Å². The largest absolute Gasteiger partial charge is 0.361 e. The molecule has 0 spiro atoms. The first-order chi connectivity index (χ1) is 12.1. The Kier molecular flexibility index (Phi) is 5.49. The third kappa shape index (κ3) is 4.27. The topological polar surface area (TPSA) is 42.0 Å². The van der Waals surface area contributed by atoms with Gasteiger partial charge in [-0.1, -0.05) is 41.4 Å². The fourth-order valence-electron chi connectivity index (χ4n) is 2.27. The summed E-state index contributed by atoms with van der Waals surface area (Å²) in [6.45, 7) is 0. The fourth-order valence-corrected chi connectivity index (χ4v) is 2.62. The highest BCUT2D eigenvalue weighted by molar-refractivity contribution is 6.39. The Hall–Kier alpha value is -2.62. The highest BCUT2D eigenvalue weighted by atomic mass is 35.5. The van der Waals surface area contributed by atoms with Gasteiger partial charge >= 0.3 is 0 Å². The van der Waals surface area contributed by atoms with E-state index in [9.17, 15) is 4.79 Å². The van der Waals surface area contributed by atoms with Gasteiger partial charge in [0.05, 0.1) is 16.3 Å². The maximum atomic E-state index is 13.0. The summed E-state index contributed by atoms with van der Waals surface area (Å²) in [5, 5.41) is 4.16. The van der Waals surface area contributed by atoms with E-state index in [0.29, 0.717) is 26.9 Å². The summed E-state index contributed by atoms with van der Waals surface area (Å²) in [5.41, 5.74) is 2.22. The molecule has 0 saturated carbocycles. The summed E-state index contributed by atoms with van der Waals surface area (Å²) in [6, 6.07) is 19.6. The van der Waals surface area contributed by atoms with Crippen LogP contribution >= 0.6 is 23.2 Å². The van der Waals surface area contributed by atoms with Crippen LogP contribution in [0.25, 0.3) is 5.57 Å². The first-order valence-electron chi connectivity index (χ1n) is 7.58. The molecule has 1 heterocycles. The van der Waals surface area contributed by atoms with Crippen molar-refractivity contribution in [3.63, 3.8) is 0 Å². The number of nitrogens with zero attached hydrogens (tertiary/aromatic N) is 1. The lowest BCUT2D eigenvalue weighted by atomic mass is 10.0. The summed E-state index contributed by atoms with van der Waals surface area (Å²) in [5.74, 6) is -0.203. The number of Topliss-reactive ketones (excluding diaryl/α,β-unsaturated/α-hetero) is 1. The van der Waals surface area contributed by atoms with E-state index in [0.717, 1.165) is 5.69 Å². The summed E-state index contributed by atoms with van der Waals surface area (Å²) < 4.78 is 0. The Morgan fingerprint density at radius 1 is 0.920 bits per heavy atom. The number of hydrogen-bond donors (Lipinski definition) is 1. The summed E-state index contributed by atoms with van der Waals surface area (Å²) in [6.07, 6.45) is 3.28. The Balaban J connectivity index is 1.98. The standard InChI is InChI=1S/C20H14Cl2N2O/c21-14-8-10-15(11-9-14)24-13-17(19-7-3-4-12-23-19)20(25)16-5-1-2-6-18(16)22/h1-13,24H/b17-13+. The maximum Gasteiger partial charge on any atom is 0.198 e. The van der Waals surface area contributed by atoms with E-state index in [-0.39, 0.29) is 5.78 Å². The average Bonchev–Trinajstić information content (AvgIpc) is 2.64. The van der Waals surface area contributed by atoms with E-state index in [1.54, 1.807) is 60.9 Å². The van der Waals surface area contributed by atoms with Crippen LogP contribution in [0.3, 0.4) is 0 Å². The van der Waals surface area contributed by atoms with Crippen LogP contribution in [0.5, 0.6) is 0 Å². The van der Waals surface area contributed by atoms with Crippen LogP contribution in [0.2, 0.25) is 10.0 Å². The molecule has 0 fully saturated rings. The summed E-state index contributed by atoms with van der Waals surface area (Å²) >= 11 is 12.1. The molecular formula is C20H14Cl2N2O. The Bertz CT molecular complexity index is 906. The molecule has 2 aromatic carbocycles. The van der Waals surface area contributed by atoms with Gasteiger partial charge in [0.1, 0.15) is 0 Å². The van der Waals surface area contributed by atoms with Gasteiger partial charge in [0.25, 0.3) is 0 Å². The van der Waals surface area contributed by atoms with Crippen molar-refractivity contribution in [1.82, 2.24) is 4.98 Å². The van der Waals surface area contributed by atoms with E-state index in [2.05, 4.69) is 10.3 Å². The number of carbonyl (C=O) groups excluding carboxylic acids is 1. The molecule has 3 nitrogen and oxygen atoms in total. The first-order valence-corrected chi connectivity index (χ1v) is 8.33. The molecule has 0 unspecified atom stereocenters. The normalized spacial score (nSPS) is 11.2. The molecule has 0 aliphatic heterocycles. The van der Waals surface area contributed by atoms with Crippen molar-refractivity contribution in [3.05, 3.63) is 100 Å². The highest BCUT2D eigenvalue weighted by Gasteiger charge is 2.17. The number of benzene rings is 2. The number of anilines is 1. The lowest BCUT2D eigenvalue weighted by molar-refractivity contribution is 0.105. The molecule has 124 valence electrons. The van der Waals surface area contributed by atoms with Gasteiger partial charge < -0.3 is 5.32 Å². The molecule has 25 heavy (non-hydrogen) atoms. The molecule has 0 amide bonds. The number of rotatable bonds is 5. The lowest BCUT2D eigenvalue weighted by Gasteiger charge is -2.09. The number of pyridine rings is 1. The zero-order valence-electron chi connectivity index (χ0n) is 13.1. The molecule has 3 rings (SSSR count). The smallest absolute Gasteiger partial charge is 0.198 e. The van der Waals surface area contributed by atoms with Gasteiger partial charge in [0, 0.05) is 28.7 Å². The predicted molar refractivity (Wildman–Crippen MR) is 103 cm³/mol. The number of nitrogens with one attached hydrogen (secondary N) is 1. The SMILES string of the molecule is O=C(/C(=C/Nc1ccc(Cl)cc1)c1ccccn1)c1ccccc1Cl. The number of halogens is 2. The van der Waals surface area contributed by atoms with Gasteiger partial charge in [-0.2, -0.15) is 0 Å². The van der Waals surface area contributed by atoms with Crippen LogP contribution in [0.4, 0.5) is 5.69 Å². The van der Waals surface area contributed by atoms with E-state index in [4.69, 9.17) is 23.2 Å². The minimum Gasteiger partial charge on any atom is -0.361 e. The maximum absolute atomic E-state index is 13.0. The van der Waals surface area contributed by atoms with E-state index in [1.165, 1.54) is 0 Å². The van der Waals surface area contributed by atoms with Gasteiger partial charge in [-0.15, -0.1) is 0 Å². The van der Waals surface area contributed by atoms with E-state index < -0.39 is 0 Å². The molecule has 1 N–H and O–H groups in total. The Morgan fingerprint density at radius 3 is 2.32 bits per heavy atom. The fraction of sp³-hybridized carbons (Fsp3) is 0. The van der Waals surface area contributed by atoms with Crippen LogP contribution in [-0.4, -0.2) is 10.8 Å². The van der Waals surface area contributed by atoms with E-state index >= 15 is 0 Å². The van der Waals surface area contributed by atoms with Crippen molar-refractivity contribution >= 4 is 40.2 Å². The number of hydrogen-bond acceptors (Lipinski definition) is 3. The summed E-state index contributed by atoms with van der Waals surface area (Å²) in [7, 11) is 0. The van der Waals surface area contributed by atoms with Gasteiger partial charge in [0.15, 0.2) is 5.78 Å². The second-order valence-corrected chi connectivity index (χ2v) is 6.08. The molecule has 0 aliphatic carbocycles. The Labute approximate surface area is 155 Å². The van der Waals surface area contributed by atoms with Crippen molar-refractivity contribution in [2.24, 2.45) is 0 Å². The minimum absolute atomic E-state index is 0.203. The van der Waals surface area contributed by atoms with Crippen LogP contribution in [0.15, 0.2) is 79.1 Å². The molecular weight excluding hydrogens is 355 g/mol. The zero-order valence-corrected chi connectivity index (χ0v) is 14.6. The molecule has 0 aliphatic rings. The van der Waals surface area contributed by atoms with E-state index in [1.807, 2.05) is 18.2 Å². The second kappa shape index (κ2) is 7.97.